The van der Waals surface area contributed by atoms with Crippen LogP contribution in [-0.2, 0) is 0 Å². The number of phenolic OH excluding ortho intramolecular Hbond substituents is 1. The molecular formula is C16H18FN3O2. The summed E-state index contributed by atoms with van der Waals surface area (Å²) in [5.41, 5.74) is 1.08. The lowest BCUT2D eigenvalue weighted by Gasteiger charge is -2.23. The van der Waals surface area contributed by atoms with Gasteiger partial charge in [-0.15, -0.1) is 0 Å². The number of halogens is 1. The van der Waals surface area contributed by atoms with Gasteiger partial charge in [-0.2, -0.15) is 0 Å². The normalized spacial score (nSPS) is 15.2. The second-order valence-corrected chi connectivity index (χ2v) is 5.66. The lowest BCUT2D eigenvalue weighted by atomic mass is 10.1. The zero-order chi connectivity index (χ0) is 15.7. The molecule has 1 N–H and O–H groups in total. The van der Waals surface area contributed by atoms with Crippen LogP contribution in [0.2, 0.25) is 0 Å². The molecule has 1 aromatic carbocycles. The predicted molar refractivity (Wildman–Crippen MR) is 80.1 cm³/mol. The zero-order valence-corrected chi connectivity index (χ0v) is 12.4. The molecule has 0 aliphatic heterocycles. The standard InChI is InChI=1S/C16H18FN3O2/c1-19(12-4-2-3-5-12)16(22)20-9-14(18-10-20)11-6-7-13(17)15(21)8-11/h6-10,12,21H,2-5H2,1H3. The van der Waals surface area contributed by atoms with Crippen LogP contribution in [0.1, 0.15) is 25.7 Å². The van der Waals surface area contributed by atoms with E-state index in [0.29, 0.717) is 11.3 Å². The van der Waals surface area contributed by atoms with Crippen molar-refractivity contribution in [2.24, 2.45) is 0 Å². The number of phenols is 1. The zero-order valence-electron chi connectivity index (χ0n) is 12.4. The van der Waals surface area contributed by atoms with Gasteiger partial charge in [0.1, 0.15) is 6.33 Å². The number of imidazole rings is 1. The molecule has 0 unspecified atom stereocenters. The van der Waals surface area contributed by atoms with Gasteiger partial charge in [0.05, 0.1) is 5.69 Å². The van der Waals surface area contributed by atoms with E-state index in [4.69, 9.17) is 0 Å². The molecule has 2 aromatic rings. The van der Waals surface area contributed by atoms with E-state index in [1.165, 1.54) is 29.1 Å². The van der Waals surface area contributed by atoms with Crippen molar-refractivity contribution in [3.05, 3.63) is 36.5 Å². The largest absolute Gasteiger partial charge is 0.505 e. The fourth-order valence-electron chi connectivity index (χ4n) is 2.88. The van der Waals surface area contributed by atoms with Crippen molar-refractivity contribution < 1.29 is 14.3 Å². The molecule has 0 spiro atoms. The van der Waals surface area contributed by atoms with Crippen LogP contribution in [0.3, 0.4) is 0 Å². The van der Waals surface area contributed by atoms with Gasteiger partial charge in [-0.05, 0) is 31.0 Å². The van der Waals surface area contributed by atoms with E-state index >= 15 is 0 Å². The Labute approximate surface area is 128 Å². The average molecular weight is 303 g/mol. The molecule has 6 heteroatoms. The maximum atomic E-state index is 13.1. The molecule has 0 saturated heterocycles. The van der Waals surface area contributed by atoms with Crippen molar-refractivity contribution in [3.63, 3.8) is 0 Å². The smallest absolute Gasteiger partial charge is 0.329 e. The predicted octanol–water partition coefficient (Wildman–Crippen LogP) is 3.24. The summed E-state index contributed by atoms with van der Waals surface area (Å²) in [5, 5.41) is 9.42. The third-order valence-electron chi connectivity index (χ3n) is 4.22. The van der Waals surface area contributed by atoms with Crippen molar-refractivity contribution in [2.75, 3.05) is 7.05 Å². The Balaban J connectivity index is 1.80. The van der Waals surface area contributed by atoms with Gasteiger partial charge in [-0.25, -0.2) is 14.2 Å². The summed E-state index contributed by atoms with van der Waals surface area (Å²) in [6, 6.07) is 4.15. The molecule has 0 radical (unpaired) electrons. The van der Waals surface area contributed by atoms with Gasteiger partial charge in [0.15, 0.2) is 11.6 Å². The van der Waals surface area contributed by atoms with E-state index in [-0.39, 0.29) is 12.1 Å². The van der Waals surface area contributed by atoms with E-state index < -0.39 is 11.6 Å². The molecule has 1 aromatic heterocycles. The van der Waals surface area contributed by atoms with Gasteiger partial charge in [-0.1, -0.05) is 12.8 Å². The molecule has 0 atom stereocenters. The molecule has 1 aliphatic carbocycles. The maximum Gasteiger partial charge on any atom is 0.329 e. The molecule has 3 rings (SSSR count). The molecule has 1 aliphatic rings. The topological polar surface area (TPSA) is 58.4 Å². The van der Waals surface area contributed by atoms with Crippen LogP contribution in [0.4, 0.5) is 9.18 Å². The summed E-state index contributed by atoms with van der Waals surface area (Å²) in [6.07, 6.45) is 7.44. The molecular weight excluding hydrogens is 285 g/mol. The van der Waals surface area contributed by atoms with E-state index in [0.717, 1.165) is 25.7 Å². The fraction of sp³-hybridized carbons (Fsp3) is 0.375. The quantitative estimate of drug-likeness (QED) is 0.926. The minimum atomic E-state index is -0.680. The molecule has 0 bridgehead atoms. The minimum absolute atomic E-state index is 0.128. The van der Waals surface area contributed by atoms with Gasteiger partial charge in [0.25, 0.3) is 0 Å². The first-order valence-corrected chi connectivity index (χ1v) is 7.36. The van der Waals surface area contributed by atoms with E-state index in [1.807, 2.05) is 7.05 Å². The highest BCUT2D eigenvalue weighted by atomic mass is 19.1. The second kappa shape index (κ2) is 5.79. The number of aromatic hydroxyl groups is 1. The van der Waals surface area contributed by atoms with E-state index in [9.17, 15) is 14.3 Å². The number of rotatable bonds is 2. The third-order valence-corrected chi connectivity index (χ3v) is 4.22. The monoisotopic (exact) mass is 303 g/mol. The highest BCUT2D eigenvalue weighted by Crippen LogP contribution is 2.25. The Hall–Kier alpha value is -2.37. The number of benzene rings is 1. The van der Waals surface area contributed by atoms with Crippen LogP contribution in [0.15, 0.2) is 30.7 Å². The Kier molecular flexibility index (Phi) is 3.83. The van der Waals surface area contributed by atoms with Gasteiger partial charge in [0, 0.05) is 24.8 Å². The summed E-state index contributed by atoms with van der Waals surface area (Å²) in [5.74, 6) is -1.11. The summed E-state index contributed by atoms with van der Waals surface area (Å²) < 4.78 is 14.5. The van der Waals surface area contributed by atoms with Crippen molar-refractivity contribution in [2.45, 2.75) is 31.7 Å². The molecule has 5 nitrogen and oxygen atoms in total. The third kappa shape index (κ3) is 2.68. The summed E-state index contributed by atoms with van der Waals surface area (Å²) in [6.45, 7) is 0. The van der Waals surface area contributed by atoms with E-state index in [2.05, 4.69) is 4.98 Å². The molecule has 22 heavy (non-hydrogen) atoms. The van der Waals surface area contributed by atoms with Crippen molar-refractivity contribution in [1.82, 2.24) is 14.5 Å². The first-order valence-electron chi connectivity index (χ1n) is 7.36. The lowest BCUT2D eigenvalue weighted by molar-refractivity contribution is 0.192. The molecule has 1 saturated carbocycles. The number of carbonyl (C=O) groups excluding carboxylic acids is 1. The van der Waals surface area contributed by atoms with E-state index in [1.54, 1.807) is 11.1 Å². The summed E-state index contributed by atoms with van der Waals surface area (Å²) in [7, 11) is 1.81. The number of hydrogen-bond donors (Lipinski definition) is 1. The molecule has 1 fully saturated rings. The second-order valence-electron chi connectivity index (χ2n) is 5.66. The van der Waals surface area contributed by atoms with Crippen molar-refractivity contribution >= 4 is 6.03 Å². The number of aromatic nitrogens is 2. The lowest BCUT2D eigenvalue weighted by Crippen LogP contribution is -2.37. The minimum Gasteiger partial charge on any atom is -0.505 e. The van der Waals surface area contributed by atoms with Crippen LogP contribution >= 0.6 is 0 Å². The number of hydrogen-bond acceptors (Lipinski definition) is 3. The van der Waals surface area contributed by atoms with Crippen molar-refractivity contribution in [3.8, 4) is 17.0 Å². The van der Waals surface area contributed by atoms with Crippen LogP contribution in [-0.4, -0.2) is 38.7 Å². The summed E-state index contributed by atoms with van der Waals surface area (Å²) in [4.78, 5) is 18.4. The summed E-state index contributed by atoms with van der Waals surface area (Å²) >= 11 is 0. The molecule has 116 valence electrons. The van der Waals surface area contributed by atoms with Gasteiger partial charge < -0.3 is 10.0 Å². The Morgan fingerprint density at radius 3 is 2.82 bits per heavy atom. The van der Waals surface area contributed by atoms with Gasteiger partial charge in [0.2, 0.25) is 0 Å². The highest BCUT2D eigenvalue weighted by Gasteiger charge is 2.24. The highest BCUT2D eigenvalue weighted by molar-refractivity contribution is 5.78. The Morgan fingerprint density at radius 2 is 2.14 bits per heavy atom. The molecule has 1 heterocycles. The van der Waals surface area contributed by atoms with Gasteiger partial charge in [-0.3, -0.25) is 4.57 Å². The Bertz CT molecular complexity index is 692. The SMILES string of the molecule is CN(C(=O)n1cnc(-c2ccc(F)c(O)c2)c1)C1CCCC1. The first-order chi connectivity index (χ1) is 10.6. The van der Waals surface area contributed by atoms with Gasteiger partial charge >= 0.3 is 6.03 Å². The first kappa shape index (κ1) is 14.6. The van der Waals surface area contributed by atoms with Crippen LogP contribution in [0.5, 0.6) is 5.75 Å². The van der Waals surface area contributed by atoms with Crippen LogP contribution < -0.4 is 0 Å². The van der Waals surface area contributed by atoms with Crippen LogP contribution in [0.25, 0.3) is 11.3 Å². The molecule has 1 amide bonds. The average Bonchev–Trinajstić information content (AvgIpc) is 3.19. The number of amides is 1. The van der Waals surface area contributed by atoms with Crippen molar-refractivity contribution in [1.29, 1.82) is 0 Å². The Morgan fingerprint density at radius 1 is 1.41 bits per heavy atom. The number of carbonyl (C=O) groups is 1. The fourth-order valence-corrected chi connectivity index (χ4v) is 2.88. The maximum absolute atomic E-state index is 13.1. The number of nitrogens with zero attached hydrogens (tertiary/aromatic N) is 3. The van der Waals surface area contributed by atoms with Crippen LogP contribution in [0, 0.1) is 5.82 Å².